The molecule has 1 atom stereocenters. The van der Waals surface area contributed by atoms with Gasteiger partial charge >= 0.3 is 0 Å². The molecule has 0 saturated carbocycles. The Morgan fingerprint density at radius 3 is 2.70 bits per heavy atom. The summed E-state index contributed by atoms with van der Waals surface area (Å²) in [5.74, 6) is 1.61. The van der Waals surface area contributed by atoms with Crippen molar-refractivity contribution in [2.75, 3.05) is 33.3 Å². The van der Waals surface area contributed by atoms with Gasteiger partial charge in [0, 0.05) is 20.2 Å². The van der Waals surface area contributed by atoms with Crippen molar-refractivity contribution in [3.05, 3.63) is 0 Å². The van der Waals surface area contributed by atoms with E-state index in [1.807, 2.05) is 0 Å². The van der Waals surface area contributed by atoms with Crippen molar-refractivity contribution < 1.29 is 9.53 Å². The minimum Gasteiger partial charge on any atom is -0.368 e. The summed E-state index contributed by atoms with van der Waals surface area (Å²) in [5, 5.41) is 3.32. The van der Waals surface area contributed by atoms with Gasteiger partial charge in [0.25, 0.3) is 5.91 Å². The Hall–Kier alpha value is -0.610. The number of hydrogen-bond donors (Lipinski definition) is 1. The molecular formula is C16H30N2O2. The van der Waals surface area contributed by atoms with Crippen LogP contribution in [0.2, 0.25) is 0 Å². The van der Waals surface area contributed by atoms with E-state index in [-0.39, 0.29) is 5.91 Å². The van der Waals surface area contributed by atoms with E-state index in [2.05, 4.69) is 24.1 Å². The molecule has 4 heteroatoms. The highest BCUT2D eigenvalue weighted by molar-refractivity contribution is 5.85. The zero-order valence-corrected chi connectivity index (χ0v) is 13.3. The predicted molar refractivity (Wildman–Crippen MR) is 80.6 cm³/mol. The minimum absolute atomic E-state index is 0.231. The first kappa shape index (κ1) is 15.8. The molecule has 116 valence electrons. The lowest BCUT2D eigenvalue weighted by Gasteiger charge is -2.42. The summed E-state index contributed by atoms with van der Waals surface area (Å²) >= 11 is 0. The van der Waals surface area contributed by atoms with Gasteiger partial charge in [0.15, 0.2) is 0 Å². The molecule has 2 aliphatic heterocycles. The van der Waals surface area contributed by atoms with Gasteiger partial charge in [0.05, 0.1) is 0 Å². The van der Waals surface area contributed by atoms with Crippen LogP contribution in [0.3, 0.4) is 0 Å². The number of hydrogen-bond acceptors (Lipinski definition) is 3. The average molecular weight is 282 g/mol. The number of piperidine rings is 2. The average Bonchev–Trinajstić information content (AvgIpc) is 2.47. The Bertz CT molecular complexity index is 324. The normalized spacial score (nSPS) is 26.8. The van der Waals surface area contributed by atoms with Gasteiger partial charge in [-0.3, -0.25) is 4.79 Å². The summed E-state index contributed by atoms with van der Waals surface area (Å²) in [7, 11) is 1.69. The first-order valence-electron chi connectivity index (χ1n) is 8.12. The van der Waals surface area contributed by atoms with E-state index in [0.717, 1.165) is 45.4 Å². The highest BCUT2D eigenvalue weighted by atomic mass is 16.5. The third kappa shape index (κ3) is 3.53. The summed E-state index contributed by atoms with van der Waals surface area (Å²) < 4.78 is 5.68. The molecule has 2 heterocycles. The van der Waals surface area contributed by atoms with Crippen LogP contribution in [0.5, 0.6) is 0 Å². The highest BCUT2D eigenvalue weighted by Crippen LogP contribution is 2.29. The molecule has 0 radical (unpaired) electrons. The van der Waals surface area contributed by atoms with E-state index in [0.29, 0.717) is 11.8 Å². The maximum absolute atomic E-state index is 12.9. The van der Waals surface area contributed by atoms with E-state index in [1.165, 1.54) is 12.8 Å². The number of likely N-dealkylation sites (tertiary alicyclic amines) is 1. The van der Waals surface area contributed by atoms with Crippen LogP contribution in [-0.4, -0.2) is 49.7 Å². The second-order valence-electron chi connectivity index (χ2n) is 6.84. The molecule has 2 fully saturated rings. The molecule has 20 heavy (non-hydrogen) atoms. The van der Waals surface area contributed by atoms with Gasteiger partial charge < -0.3 is 15.0 Å². The zero-order chi connectivity index (χ0) is 14.6. The number of methoxy groups -OCH3 is 1. The number of nitrogens with one attached hydrogen (secondary N) is 1. The fourth-order valence-electron chi connectivity index (χ4n) is 3.73. The molecule has 1 unspecified atom stereocenters. The van der Waals surface area contributed by atoms with Crippen LogP contribution >= 0.6 is 0 Å². The smallest absolute Gasteiger partial charge is 0.254 e. The lowest BCUT2D eigenvalue weighted by Crippen LogP contribution is -2.57. The maximum atomic E-state index is 12.9. The van der Waals surface area contributed by atoms with E-state index in [4.69, 9.17) is 4.74 Å². The van der Waals surface area contributed by atoms with Gasteiger partial charge in [-0.1, -0.05) is 13.8 Å². The third-order valence-corrected chi connectivity index (χ3v) is 4.80. The van der Waals surface area contributed by atoms with Crippen LogP contribution in [0.25, 0.3) is 0 Å². The minimum atomic E-state index is -0.565. The van der Waals surface area contributed by atoms with E-state index in [9.17, 15) is 4.79 Å². The highest BCUT2D eigenvalue weighted by Gasteiger charge is 2.43. The molecule has 0 aromatic heterocycles. The quantitative estimate of drug-likeness (QED) is 0.858. The Balaban J connectivity index is 1.99. The maximum Gasteiger partial charge on any atom is 0.254 e. The second kappa shape index (κ2) is 6.90. The first-order valence-corrected chi connectivity index (χ1v) is 8.12. The summed E-state index contributed by atoms with van der Waals surface area (Å²) in [4.78, 5) is 15.0. The standard InChI is InChI=1S/C16H30N2O2/c1-13(2)11-14-5-4-10-18(12-14)15(19)16(20-3)6-8-17-9-7-16/h13-14,17H,4-12H2,1-3H3. The Morgan fingerprint density at radius 2 is 2.10 bits per heavy atom. The lowest BCUT2D eigenvalue weighted by atomic mass is 9.86. The molecule has 2 rings (SSSR count). The molecule has 1 N–H and O–H groups in total. The summed E-state index contributed by atoms with van der Waals surface area (Å²) in [6.07, 6.45) is 5.23. The number of amides is 1. The van der Waals surface area contributed by atoms with Gasteiger partial charge in [-0.05, 0) is 57.0 Å². The van der Waals surface area contributed by atoms with Gasteiger partial charge in [-0.2, -0.15) is 0 Å². The first-order chi connectivity index (χ1) is 9.57. The van der Waals surface area contributed by atoms with Crippen molar-refractivity contribution in [1.29, 1.82) is 0 Å². The molecule has 0 aromatic carbocycles. The molecular weight excluding hydrogens is 252 g/mol. The molecule has 2 aliphatic rings. The Labute approximate surface area is 123 Å². The Morgan fingerprint density at radius 1 is 1.40 bits per heavy atom. The molecule has 0 aliphatic carbocycles. The van der Waals surface area contributed by atoms with Gasteiger partial charge in [0.2, 0.25) is 0 Å². The van der Waals surface area contributed by atoms with Crippen molar-refractivity contribution >= 4 is 5.91 Å². The van der Waals surface area contributed by atoms with Gasteiger partial charge in [0.1, 0.15) is 5.60 Å². The van der Waals surface area contributed by atoms with Crippen LogP contribution in [0.1, 0.15) is 46.0 Å². The number of carbonyl (C=O) groups excluding carboxylic acids is 1. The Kier molecular flexibility index (Phi) is 5.44. The summed E-state index contributed by atoms with van der Waals surface area (Å²) in [6.45, 7) is 8.13. The number of carbonyl (C=O) groups is 1. The fourth-order valence-corrected chi connectivity index (χ4v) is 3.73. The SMILES string of the molecule is COC1(C(=O)N2CCCC(CC(C)C)C2)CCNCC1. The third-order valence-electron chi connectivity index (χ3n) is 4.80. The number of rotatable bonds is 4. The van der Waals surface area contributed by atoms with Crippen LogP contribution in [0, 0.1) is 11.8 Å². The molecule has 0 bridgehead atoms. The molecule has 2 saturated heterocycles. The van der Waals surface area contributed by atoms with Crippen LogP contribution < -0.4 is 5.32 Å². The van der Waals surface area contributed by atoms with E-state index >= 15 is 0 Å². The van der Waals surface area contributed by atoms with Gasteiger partial charge in [-0.25, -0.2) is 0 Å². The van der Waals surface area contributed by atoms with E-state index < -0.39 is 5.60 Å². The summed E-state index contributed by atoms with van der Waals surface area (Å²) in [5.41, 5.74) is -0.565. The van der Waals surface area contributed by atoms with Crippen LogP contribution in [-0.2, 0) is 9.53 Å². The van der Waals surface area contributed by atoms with Crippen molar-refractivity contribution in [2.24, 2.45) is 11.8 Å². The van der Waals surface area contributed by atoms with Crippen LogP contribution in [0.15, 0.2) is 0 Å². The number of nitrogens with zero attached hydrogens (tertiary/aromatic N) is 1. The zero-order valence-electron chi connectivity index (χ0n) is 13.3. The topological polar surface area (TPSA) is 41.6 Å². The van der Waals surface area contributed by atoms with Crippen molar-refractivity contribution in [3.63, 3.8) is 0 Å². The second-order valence-corrected chi connectivity index (χ2v) is 6.84. The van der Waals surface area contributed by atoms with Crippen molar-refractivity contribution in [1.82, 2.24) is 10.2 Å². The number of ether oxygens (including phenoxy) is 1. The summed E-state index contributed by atoms with van der Waals surface area (Å²) in [6, 6.07) is 0. The predicted octanol–water partition coefficient (Wildman–Crippen LogP) is 2.04. The molecule has 4 nitrogen and oxygen atoms in total. The van der Waals surface area contributed by atoms with Gasteiger partial charge in [-0.15, -0.1) is 0 Å². The lowest BCUT2D eigenvalue weighted by molar-refractivity contribution is -0.160. The monoisotopic (exact) mass is 282 g/mol. The fraction of sp³-hybridized carbons (Fsp3) is 0.938. The molecule has 0 spiro atoms. The largest absolute Gasteiger partial charge is 0.368 e. The molecule has 0 aromatic rings. The van der Waals surface area contributed by atoms with Crippen LogP contribution in [0.4, 0.5) is 0 Å². The molecule has 1 amide bonds. The van der Waals surface area contributed by atoms with Crippen molar-refractivity contribution in [2.45, 2.75) is 51.6 Å². The van der Waals surface area contributed by atoms with E-state index in [1.54, 1.807) is 7.11 Å². The van der Waals surface area contributed by atoms with Crippen molar-refractivity contribution in [3.8, 4) is 0 Å².